The summed E-state index contributed by atoms with van der Waals surface area (Å²) in [7, 11) is 1.72. The smallest absolute Gasteiger partial charge is 0.134 e. The van der Waals surface area contributed by atoms with E-state index in [-0.39, 0.29) is 4.83 Å². The van der Waals surface area contributed by atoms with E-state index in [0.29, 0.717) is 0 Å². The lowest BCUT2D eigenvalue weighted by Gasteiger charge is -2.13. The van der Waals surface area contributed by atoms with Gasteiger partial charge in [-0.3, -0.25) is 0 Å². The summed E-state index contributed by atoms with van der Waals surface area (Å²) in [5.41, 5.74) is 1.28. The fourth-order valence-corrected chi connectivity index (χ4v) is 4.08. The van der Waals surface area contributed by atoms with Crippen molar-refractivity contribution in [1.82, 2.24) is 0 Å². The lowest BCUT2D eigenvalue weighted by Crippen LogP contribution is -1.94. The van der Waals surface area contributed by atoms with E-state index < -0.39 is 0 Å². The third-order valence-corrected chi connectivity index (χ3v) is 5.42. The molecule has 1 nitrogen and oxygen atoms in total. The van der Waals surface area contributed by atoms with Crippen molar-refractivity contribution in [3.05, 3.63) is 64.4 Å². The molecule has 0 aliphatic heterocycles. The first kappa shape index (κ1) is 12.7. The number of halogens is 1. The predicted octanol–water partition coefficient (Wildman–Crippen LogP) is 5.39. The molecule has 1 heterocycles. The van der Waals surface area contributed by atoms with Crippen LogP contribution in [0, 0.1) is 0 Å². The minimum absolute atomic E-state index is 0.161. The molecule has 0 amide bonds. The van der Waals surface area contributed by atoms with Crippen molar-refractivity contribution < 1.29 is 4.74 Å². The number of ether oxygens (including phenoxy) is 1. The highest BCUT2D eigenvalue weighted by Gasteiger charge is 2.18. The average Bonchev–Trinajstić information content (AvgIpc) is 2.94. The number of rotatable bonds is 3. The van der Waals surface area contributed by atoms with Gasteiger partial charge >= 0.3 is 0 Å². The molecule has 2 aromatic carbocycles. The summed E-state index contributed by atoms with van der Waals surface area (Å²) in [6.45, 7) is 0. The second-order valence-corrected chi connectivity index (χ2v) is 6.15. The van der Waals surface area contributed by atoms with Gasteiger partial charge in [0, 0.05) is 0 Å². The molecule has 0 spiro atoms. The average molecular weight is 333 g/mol. The van der Waals surface area contributed by atoms with Gasteiger partial charge in [-0.1, -0.05) is 58.4 Å². The molecular weight excluding hydrogens is 320 g/mol. The van der Waals surface area contributed by atoms with E-state index in [0.717, 1.165) is 5.75 Å². The molecule has 19 heavy (non-hydrogen) atoms. The number of benzene rings is 2. The Morgan fingerprint density at radius 2 is 1.84 bits per heavy atom. The van der Waals surface area contributed by atoms with Gasteiger partial charge in [0.2, 0.25) is 0 Å². The van der Waals surface area contributed by atoms with Gasteiger partial charge in [-0.05, 0) is 27.8 Å². The van der Waals surface area contributed by atoms with Gasteiger partial charge < -0.3 is 4.74 Å². The first-order valence-electron chi connectivity index (χ1n) is 6.04. The normalized spacial score (nSPS) is 12.5. The molecule has 96 valence electrons. The molecular formula is C16H13BrOS. The van der Waals surface area contributed by atoms with Gasteiger partial charge in [0.25, 0.3) is 0 Å². The molecule has 1 aromatic heterocycles. The summed E-state index contributed by atoms with van der Waals surface area (Å²) in [6.07, 6.45) is 0. The van der Waals surface area contributed by atoms with Crippen LogP contribution in [0.3, 0.4) is 0 Å². The van der Waals surface area contributed by atoms with Crippen molar-refractivity contribution in [1.29, 1.82) is 0 Å². The van der Waals surface area contributed by atoms with E-state index in [1.165, 1.54) is 21.2 Å². The molecule has 0 saturated carbocycles. The summed E-state index contributed by atoms with van der Waals surface area (Å²) < 4.78 is 5.42. The molecule has 1 unspecified atom stereocenters. The van der Waals surface area contributed by atoms with Gasteiger partial charge in [-0.2, -0.15) is 0 Å². The van der Waals surface area contributed by atoms with Crippen LogP contribution in [0.2, 0.25) is 0 Å². The molecule has 0 fully saturated rings. The number of hydrogen-bond donors (Lipinski definition) is 0. The van der Waals surface area contributed by atoms with Crippen LogP contribution in [0.25, 0.3) is 10.8 Å². The molecule has 3 rings (SSSR count). The predicted molar refractivity (Wildman–Crippen MR) is 85.6 cm³/mol. The third kappa shape index (κ3) is 2.28. The zero-order valence-corrected chi connectivity index (χ0v) is 12.9. The van der Waals surface area contributed by atoms with Gasteiger partial charge in [0.05, 0.1) is 16.8 Å². The summed E-state index contributed by atoms with van der Waals surface area (Å²) >= 11 is 5.53. The quantitative estimate of drug-likeness (QED) is 0.584. The Hall–Kier alpha value is -1.32. The number of hydrogen-bond acceptors (Lipinski definition) is 2. The Labute approximate surface area is 125 Å². The number of thiophene rings is 1. The molecule has 0 bridgehead atoms. The Morgan fingerprint density at radius 1 is 1.05 bits per heavy atom. The SMILES string of the molecule is COc1ccsc1C(Br)c1cccc2ccccc12. The van der Waals surface area contributed by atoms with Gasteiger partial charge in [0.15, 0.2) is 0 Å². The summed E-state index contributed by atoms with van der Waals surface area (Å²) in [5, 5.41) is 4.61. The third-order valence-electron chi connectivity index (χ3n) is 3.20. The minimum Gasteiger partial charge on any atom is -0.496 e. The maximum Gasteiger partial charge on any atom is 0.134 e. The second kappa shape index (κ2) is 5.35. The largest absolute Gasteiger partial charge is 0.496 e. The maximum atomic E-state index is 5.42. The van der Waals surface area contributed by atoms with Crippen LogP contribution < -0.4 is 4.74 Å². The maximum absolute atomic E-state index is 5.42. The number of methoxy groups -OCH3 is 1. The van der Waals surface area contributed by atoms with Crippen molar-refractivity contribution >= 4 is 38.0 Å². The van der Waals surface area contributed by atoms with Crippen molar-refractivity contribution in [3.8, 4) is 5.75 Å². The Kier molecular flexibility index (Phi) is 3.58. The molecule has 0 aliphatic carbocycles. The molecule has 0 saturated heterocycles. The molecule has 0 N–H and O–H groups in total. The van der Waals surface area contributed by atoms with Crippen LogP contribution in [0.15, 0.2) is 53.9 Å². The van der Waals surface area contributed by atoms with Crippen molar-refractivity contribution in [2.45, 2.75) is 4.83 Å². The highest BCUT2D eigenvalue weighted by atomic mass is 79.9. The van der Waals surface area contributed by atoms with E-state index in [1.807, 2.05) is 6.07 Å². The van der Waals surface area contributed by atoms with Crippen LogP contribution in [-0.2, 0) is 0 Å². The Morgan fingerprint density at radius 3 is 2.68 bits per heavy atom. The lowest BCUT2D eigenvalue weighted by atomic mass is 10.0. The first-order chi connectivity index (χ1) is 9.31. The molecule has 3 heteroatoms. The van der Waals surface area contributed by atoms with Crippen LogP contribution in [0.5, 0.6) is 5.75 Å². The van der Waals surface area contributed by atoms with E-state index >= 15 is 0 Å². The Bertz CT molecular complexity index is 699. The van der Waals surface area contributed by atoms with Crippen molar-refractivity contribution in [2.24, 2.45) is 0 Å². The molecule has 3 aromatic rings. The first-order valence-corrected chi connectivity index (χ1v) is 7.84. The van der Waals surface area contributed by atoms with Gasteiger partial charge in [0.1, 0.15) is 5.75 Å². The fourth-order valence-electron chi connectivity index (χ4n) is 2.28. The van der Waals surface area contributed by atoms with Crippen LogP contribution >= 0.6 is 27.3 Å². The van der Waals surface area contributed by atoms with Crippen LogP contribution in [0.1, 0.15) is 15.3 Å². The highest BCUT2D eigenvalue weighted by molar-refractivity contribution is 9.09. The van der Waals surface area contributed by atoms with Crippen molar-refractivity contribution in [3.63, 3.8) is 0 Å². The lowest BCUT2D eigenvalue weighted by molar-refractivity contribution is 0.413. The van der Waals surface area contributed by atoms with Gasteiger partial charge in [-0.15, -0.1) is 11.3 Å². The molecule has 0 aliphatic rings. The van der Waals surface area contributed by atoms with E-state index in [2.05, 4.69) is 63.8 Å². The van der Waals surface area contributed by atoms with E-state index in [1.54, 1.807) is 18.4 Å². The molecule has 1 atom stereocenters. The number of fused-ring (bicyclic) bond motifs is 1. The second-order valence-electron chi connectivity index (χ2n) is 4.28. The zero-order valence-electron chi connectivity index (χ0n) is 10.5. The monoisotopic (exact) mass is 332 g/mol. The fraction of sp³-hybridized carbons (Fsp3) is 0.125. The van der Waals surface area contributed by atoms with E-state index in [9.17, 15) is 0 Å². The van der Waals surface area contributed by atoms with Crippen LogP contribution in [-0.4, -0.2) is 7.11 Å². The van der Waals surface area contributed by atoms with Crippen LogP contribution in [0.4, 0.5) is 0 Å². The van der Waals surface area contributed by atoms with Gasteiger partial charge in [-0.25, -0.2) is 0 Å². The summed E-state index contributed by atoms with van der Waals surface area (Å²) in [4.78, 5) is 1.37. The molecule has 0 radical (unpaired) electrons. The standard InChI is InChI=1S/C16H13BrOS/c1-18-14-9-10-19-16(14)15(17)13-8-4-6-11-5-2-3-7-12(11)13/h2-10,15H,1H3. The summed E-state index contributed by atoms with van der Waals surface area (Å²) in [6, 6.07) is 16.9. The Balaban J connectivity index is 2.14. The summed E-state index contributed by atoms with van der Waals surface area (Å²) in [5.74, 6) is 0.944. The highest BCUT2D eigenvalue weighted by Crippen LogP contribution is 2.42. The topological polar surface area (TPSA) is 9.23 Å². The minimum atomic E-state index is 0.161. The van der Waals surface area contributed by atoms with Crippen molar-refractivity contribution in [2.75, 3.05) is 7.11 Å². The van der Waals surface area contributed by atoms with E-state index in [4.69, 9.17) is 4.74 Å². The zero-order chi connectivity index (χ0) is 13.2. The number of alkyl halides is 1.